The van der Waals surface area contributed by atoms with E-state index in [1.807, 2.05) is 6.07 Å². The summed E-state index contributed by atoms with van der Waals surface area (Å²) in [5, 5.41) is 6.81. The number of para-hydroxylation sites is 2. The fraction of sp³-hybridized carbons (Fsp3) is 0.619. The number of benzene rings is 1. The highest BCUT2D eigenvalue weighted by Gasteiger charge is 2.21. The van der Waals surface area contributed by atoms with Gasteiger partial charge in [-0.1, -0.05) is 26.0 Å². The summed E-state index contributed by atoms with van der Waals surface area (Å²) >= 11 is 0. The molecule has 1 aliphatic rings. The highest BCUT2D eigenvalue weighted by atomic mass is 16.5. The minimum Gasteiger partial charge on any atom is -0.374 e. The number of aliphatic imine (C=N–C) groups is 1. The first-order valence-corrected chi connectivity index (χ1v) is 10.3. The van der Waals surface area contributed by atoms with Crippen LogP contribution in [-0.4, -0.2) is 72.9 Å². The molecule has 1 saturated heterocycles. The monoisotopic (exact) mass is 386 g/mol. The second-order valence-corrected chi connectivity index (χ2v) is 7.83. The average Bonchev–Trinajstić information content (AvgIpc) is 2.99. The molecule has 1 aliphatic heterocycles. The molecule has 0 amide bonds. The SMILES string of the molecule is CN=C(NCCn1c(C)nc2ccccc21)NCC1CN(CC(C)C)CCO1. The minimum absolute atomic E-state index is 0.200. The standard InChI is InChI=1S/C21H34N6O/c1-16(2)14-26-11-12-28-18(15-26)13-24-21(22-4)23-9-10-27-17(3)25-19-7-5-6-8-20(19)27/h5-8,16,18H,9-15H2,1-4H3,(H2,22,23,24). The van der Waals surface area contributed by atoms with Crippen LogP contribution in [0.3, 0.4) is 0 Å². The molecule has 0 radical (unpaired) electrons. The Labute approximate surface area is 168 Å². The van der Waals surface area contributed by atoms with E-state index in [9.17, 15) is 0 Å². The Morgan fingerprint density at radius 3 is 2.93 bits per heavy atom. The maximum absolute atomic E-state index is 5.91. The van der Waals surface area contributed by atoms with Crippen LogP contribution in [0.15, 0.2) is 29.3 Å². The Bertz CT molecular complexity index is 784. The number of guanidine groups is 1. The van der Waals surface area contributed by atoms with E-state index in [-0.39, 0.29) is 6.10 Å². The first-order valence-electron chi connectivity index (χ1n) is 10.3. The summed E-state index contributed by atoms with van der Waals surface area (Å²) in [6, 6.07) is 8.25. The van der Waals surface area contributed by atoms with Crippen molar-refractivity contribution >= 4 is 17.0 Å². The minimum atomic E-state index is 0.200. The van der Waals surface area contributed by atoms with Crippen LogP contribution in [0.5, 0.6) is 0 Å². The van der Waals surface area contributed by atoms with E-state index in [4.69, 9.17) is 4.74 Å². The van der Waals surface area contributed by atoms with Crippen molar-refractivity contribution in [2.24, 2.45) is 10.9 Å². The Morgan fingerprint density at radius 1 is 1.32 bits per heavy atom. The van der Waals surface area contributed by atoms with Gasteiger partial charge in [-0.05, 0) is 25.0 Å². The van der Waals surface area contributed by atoms with Gasteiger partial charge in [-0.25, -0.2) is 4.98 Å². The molecule has 3 rings (SSSR count). The molecular weight excluding hydrogens is 352 g/mol. The first kappa shape index (κ1) is 20.6. The Hall–Kier alpha value is -2.12. The fourth-order valence-electron chi connectivity index (χ4n) is 3.78. The number of hydrogen-bond donors (Lipinski definition) is 2. The van der Waals surface area contributed by atoms with Crippen molar-refractivity contribution in [3.05, 3.63) is 30.1 Å². The number of ether oxygens (including phenoxy) is 1. The highest BCUT2D eigenvalue weighted by Crippen LogP contribution is 2.14. The van der Waals surface area contributed by atoms with Crippen LogP contribution in [0.2, 0.25) is 0 Å². The van der Waals surface area contributed by atoms with Crippen LogP contribution in [-0.2, 0) is 11.3 Å². The van der Waals surface area contributed by atoms with Gasteiger partial charge in [0, 0.05) is 46.3 Å². The lowest BCUT2D eigenvalue weighted by Gasteiger charge is -2.34. The third kappa shape index (κ3) is 5.45. The zero-order valence-electron chi connectivity index (χ0n) is 17.6. The van der Waals surface area contributed by atoms with E-state index in [0.717, 1.165) is 63.2 Å². The van der Waals surface area contributed by atoms with Crippen LogP contribution in [0, 0.1) is 12.8 Å². The number of morpholine rings is 1. The van der Waals surface area contributed by atoms with E-state index in [1.165, 1.54) is 5.52 Å². The third-order valence-electron chi connectivity index (χ3n) is 5.04. The van der Waals surface area contributed by atoms with E-state index in [2.05, 4.69) is 69.0 Å². The highest BCUT2D eigenvalue weighted by molar-refractivity contribution is 5.79. The normalized spacial score (nSPS) is 18.8. The number of aromatic nitrogens is 2. The summed E-state index contributed by atoms with van der Waals surface area (Å²) in [5.41, 5.74) is 2.22. The van der Waals surface area contributed by atoms with Crippen molar-refractivity contribution in [2.45, 2.75) is 33.4 Å². The lowest BCUT2D eigenvalue weighted by atomic mass is 10.2. The quantitative estimate of drug-likeness (QED) is 0.562. The Morgan fingerprint density at radius 2 is 2.14 bits per heavy atom. The van der Waals surface area contributed by atoms with Gasteiger partial charge >= 0.3 is 0 Å². The van der Waals surface area contributed by atoms with E-state index in [0.29, 0.717) is 5.92 Å². The molecular formula is C21H34N6O. The summed E-state index contributed by atoms with van der Waals surface area (Å²) in [7, 11) is 1.81. The molecule has 2 aromatic rings. The lowest BCUT2D eigenvalue weighted by Crippen LogP contribution is -2.50. The first-order chi connectivity index (χ1) is 13.6. The van der Waals surface area contributed by atoms with Gasteiger partial charge in [0.05, 0.1) is 23.7 Å². The third-order valence-corrected chi connectivity index (χ3v) is 5.04. The lowest BCUT2D eigenvalue weighted by molar-refractivity contribution is -0.0284. The second-order valence-electron chi connectivity index (χ2n) is 7.83. The summed E-state index contributed by atoms with van der Waals surface area (Å²) in [6.07, 6.45) is 0.200. The zero-order chi connectivity index (χ0) is 19.9. The number of aryl methyl sites for hydroxylation is 1. The molecule has 154 valence electrons. The van der Waals surface area contributed by atoms with Crippen molar-refractivity contribution in [1.29, 1.82) is 0 Å². The number of fused-ring (bicyclic) bond motifs is 1. The van der Waals surface area contributed by atoms with Gasteiger partial charge in [0.15, 0.2) is 5.96 Å². The summed E-state index contributed by atoms with van der Waals surface area (Å²) in [6.45, 7) is 12.9. The zero-order valence-corrected chi connectivity index (χ0v) is 17.6. The molecule has 2 N–H and O–H groups in total. The van der Waals surface area contributed by atoms with Crippen LogP contribution in [0.1, 0.15) is 19.7 Å². The fourth-order valence-corrected chi connectivity index (χ4v) is 3.78. The number of nitrogens with one attached hydrogen (secondary N) is 2. The van der Waals surface area contributed by atoms with Gasteiger partial charge < -0.3 is 19.9 Å². The predicted molar refractivity (Wildman–Crippen MR) is 115 cm³/mol. The Balaban J connectivity index is 1.45. The molecule has 0 saturated carbocycles. The maximum Gasteiger partial charge on any atom is 0.191 e. The molecule has 0 aliphatic carbocycles. The van der Waals surface area contributed by atoms with Crippen molar-refractivity contribution in [3.63, 3.8) is 0 Å². The van der Waals surface area contributed by atoms with Crippen molar-refractivity contribution < 1.29 is 4.74 Å². The summed E-state index contributed by atoms with van der Waals surface area (Å²) in [5.74, 6) is 2.53. The van der Waals surface area contributed by atoms with Gasteiger partial charge in [0.1, 0.15) is 5.82 Å². The van der Waals surface area contributed by atoms with E-state index < -0.39 is 0 Å². The summed E-state index contributed by atoms with van der Waals surface area (Å²) < 4.78 is 8.15. The van der Waals surface area contributed by atoms with E-state index >= 15 is 0 Å². The molecule has 1 aromatic heterocycles. The maximum atomic E-state index is 5.91. The number of imidazole rings is 1. The molecule has 0 bridgehead atoms. The molecule has 1 aromatic carbocycles. The largest absolute Gasteiger partial charge is 0.374 e. The number of nitrogens with zero attached hydrogens (tertiary/aromatic N) is 4. The van der Waals surface area contributed by atoms with Crippen molar-refractivity contribution in [3.8, 4) is 0 Å². The van der Waals surface area contributed by atoms with Crippen LogP contribution < -0.4 is 10.6 Å². The molecule has 7 heteroatoms. The van der Waals surface area contributed by atoms with Gasteiger partial charge in [-0.3, -0.25) is 9.89 Å². The second kappa shape index (κ2) is 9.89. The van der Waals surface area contributed by atoms with Crippen LogP contribution >= 0.6 is 0 Å². The molecule has 1 atom stereocenters. The van der Waals surface area contributed by atoms with E-state index in [1.54, 1.807) is 7.05 Å². The molecule has 1 unspecified atom stereocenters. The Kier molecular flexibility index (Phi) is 7.28. The van der Waals surface area contributed by atoms with Gasteiger partial charge in [0.2, 0.25) is 0 Å². The molecule has 2 heterocycles. The molecule has 1 fully saturated rings. The smallest absolute Gasteiger partial charge is 0.191 e. The molecule has 28 heavy (non-hydrogen) atoms. The average molecular weight is 387 g/mol. The van der Waals surface area contributed by atoms with Crippen LogP contribution in [0.25, 0.3) is 11.0 Å². The number of hydrogen-bond acceptors (Lipinski definition) is 4. The van der Waals surface area contributed by atoms with Crippen molar-refractivity contribution in [2.75, 3.05) is 46.4 Å². The van der Waals surface area contributed by atoms with Gasteiger partial charge in [-0.2, -0.15) is 0 Å². The van der Waals surface area contributed by atoms with Crippen LogP contribution in [0.4, 0.5) is 0 Å². The number of rotatable bonds is 7. The topological polar surface area (TPSA) is 66.7 Å². The van der Waals surface area contributed by atoms with Gasteiger partial charge in [-0.15, -0.1) is 0 Å². The molecule has 0 spiro atoms. The predicted octanol–water partition coefficient (Wildman–Crippen LogP) is 1.87. The molecule has 7 nitrogen and oxygen atoms in total. The van der Waals surface area contributed by atoms with Crippen molar-refractivity contribution in [1.82, 2.24) is 25.1 Å². The summed E-state index contributed by atoms with van der Waals surface area (Å²) in [4.78, 5) is 11.5. The van der Waals surface area contributed by atoms with Gasteiger partial charge in [0.25, 0.3) is 0 Å².